The number of carbonyl (C=O) groups excluding carboxylic acids is 1. The molecule has 1 saturated heterocycles. The van der Waals surface area contributed by atoms with Gasteiger partial charge in [0.1, 0.15) is 0 Å². The molecule has 3 rings (SSSR count). The summed E-state index contributed by atoms with van der Waals surface area (Å²) in [6.07, 6.45) is 0. The minimum Gasteiger partial charge on any atom is -0.493 e. The van der Waals surface area contributed by atoms with E-state index in [1.807, 2.05) is 17.0 Å². The number of benzene rings is 2. The quantitative estimate of drug-likeness (QED) is 0.593. The lowest BCUT2D eigenvalue weighted by molar-refractivity contribution is 0.0627. The number of piperazine rings is 1. The maximum absolute atomic E-state index is 13.0. The zero-order valence-electron chi connectivity index (χ0n) is 19.1. The first-order valence-corrected chi connectivity index (χ1v) is 10.6. The fourth-order valence-electron chi connectivity index (χ4n) is 3.86. The topological polar surface area (TPSA) is 69.7 Å². The Morgan fingerprint density at radius 2 is 1.44 bits per heavy atom. The Morgan fingerprint density at radius 1 is 0.812 bits per heavy atom. The van der Waals surface area contributed by atoms with Crippen molar-refractivity contribution in [3.8, 4) is 28.7 Å². The number of carbonyl (C=O) groups is 1. The average molecular weight is 465 g/mol. The Balaban J connectivity index is 1.68. The molecule has 1 fully saturated rings. The maximum atomic E-state index is 13.0. The number of halogens is 1. The molecule has 0 bridgehead atoms. The van der Waals surface area contributed by atoms with Crippen molar-refractivity contribution < 1.29 is 28.5 Å². The van der Waals surface area contributed by atoms with E-state index in [0.29, 0.717) is 59.0 Å². The molecule has 8 nitrogen and oxygen atoms in total. The first-order valence-electron chi connectivity index (χ1n) is 10.2. The van der Waals surface area contributed by atoms with E-state index in [2.05, 4.69) is 4.90 Å². The van der Waals surface area contributed by atoms with Gasteiger partial charge < -0.3 is 28.6 Å². The van der Waals surface area contributed by atoms with Gasteiger partial charge in [-0.05, 0) is 18.2 Å². The van der Waals surface area contributed by atoms with Gasteiger partial charge in [-0.25, -0.2) is 0 Å². The van der Waals surface area contributed by atoms with Gasteiger partial charge in [0.2, 0.25) is 5.75 Å². The summed E-state index contributed by atoms with van der Waals surface area (Å²) >= 11 is 6.27. The molecule has 1 aliphatic heterocycles. The molecule has 1 heterocycles. The van der Waals surface area contributed by atoms with Crippen LogP contribution < -0.4 is 23.7 Å². The number of rotatable bonds is 8. The van der Waals surface area contributed by atoms with Crippen molar-refractivity contribution in [1.82, 2.24) is 9.80 Å². The molecule has 0 aliphatic carbocycles. The largest absolute Gasteiger partial charge is 0.493 e. The zero-order valence-corrected chi connectivity index (χ0v) is 19.8. The summed E-state index contributed by atoms with van der Waals surface area (Å²) in [5.41, 5.74) is 1.47. The smallest absolute Gasteiger partial charge is 0.254 e. The van der Waals surface area contributed by atoms with Crippen LogP contribution in [0.2, 0.25) is 5.02 Å². The van der Waals surface area contributed by atoms with Crippen LogP contribution in [0.1, 0.15) is 15.9 Å². The normalized spacial score (nSPS) is 14.1. The van der Waals surface area contributed by atoms with Crippen LogP contribution >= 0.6 is 11.6 Å². The Morgan fingerprint density at radius 3 is 2.00 bits per heavy atom. The number of hydrogen-bond acceptors (Lipinski definition) is 7. The van der Waals surface area contributed by atoms with Crippen LogP contribution in [0.25, 0.3) is 0 Å². The first-order chi connectivity index (χ1) is 15.5. The van der Waals surface area contributed by atoms with Crippen LogP contribution in [0.4, 0.5) is 0 Å². The Kier molecular flexibility index (Phi) is 7.93. The monoisotopic (exact) mass is 464 g/mol. The molecule has 0 radical (unpaired) electrons. The lowest BCUT2D eigenvalue weighted by atomic mass is 10.1. The molecule has 0 N–H and O–H groups in total. The van der Waals surface area contributed by atoms with Gasteiger partial charge in [-0.3, -0.25) is 9.69 Å². The summed E-state index contributed by atoms with van der Waals surface area (Å²) in [6.45, 7) is 3.32. The van der Waals surface area contributed by atoms with E-state index in [1.165, 1.54) is 14.2 Å². The molecule has 0 spiro atoms. The van der Waals surface area contributed by atoms with Gasteiger partial charge in [0.05, 0.1) is 40.6 Å². The Labute approximate surface area is 193 Å². The van der Waals surface area contributed by atoms with Gasteiger partial charge in [0.15, 0.2) is 23.0 Å². The van der Waals surface area contributed by atoms with Crippen molar-refractivity contribution in [3.63, 3.8) is 0 Å². The molecule has 174 valence electrons. The molecular weight excluding hydrogens is 436 g/mol. The highest BCUT2D eigenvalue weighted by atomic mass is 35.5. The summed E-state index contributed by atoms with van der Waals surface area (Å²) in [4.78, 5) is 17.1. The summed E-state index contributed by atoms with van der Waals surface area (Å²) < 4.78 is 27.0. The molecule has 0 unspecified atom stereocenters. The summed E-state index contributed by atoms with van der Waals surface area (Å²) in [5.74, 6) is 2.62. The van der Waals surface area contributed by atoms with Crippen LogP contribution in [0, 0.1) is 0 Å². The fraction of sp³-hybridized carbons (Fsp3) is 0.435. The van der Waals surface area contributed by atoms with Crippen LogP contribution in [-0.2, 0) is 6.54 Å². The second kappa shape index (κ2) is 10.7. The second-order valence-corrected chi connectivity index (χ2v) is 7.66. The third-order valence-corrected chi connectivity index (χ3v) is 5.80. The molecule has 0 atom stereocenters. The lowest BCUT2D eigenvalue weighted by Gasteiger charge is -2.35. The van der Waals surface area contributed by atoms with Crippen molar-refractivity contribution in [2.75, 3.05) is 61.7 Å². The highest BCUT2D eigenvalue weighted by molar-refractivity contribution is 6.32. The van der Waals surface area contributed by atoms with E-state index in [4.69, 9.17) is 35.3 Å². The van der Waals surface area contributed by atoms with E-state index >= 15 is 0 Å². The van der Waals surface area contributed by atoms with Crippen LogP contribution in [0.15, 0.2) is 24.3 Å². The van der Waals surface area contributed by atoms with Gasteiger partial charge >= 0.3 is 0 Å². The van der Waals surface area contributed by atoms with Crippen LogP contribution in [0.3, 0.4) is 0 Å². The molecule has 0 aromatic heterocycles. The van der Waals surface area contributed by atoms with E-state index in [1.54, 1.807) is 33.5 Å². The van der Waals surface area contributed by atoms with E-state index in [0.717, 1.165) is 18.7 Å². The predicted octanol–water partition coefficient (Wildman–Crippen LogP) is 3.34. The minimum absolute atomic E-state index is 0.0869. The predicted molar refractivity (Wildman–Crippen MR) is 122 cm³/mol. The highest BCUT2D eigenvalue weighted by Crippen LogP contribution is 2.40. The van der Waals surface area contributed by atoms with E-state index < -0.39 is 0 Å². The number of ether oxygens (including phenoxy) is 5. The highest BCUT2D eigenvalue weighted by Gasteiger charge is 2.25. The molecule has 2 aromatic rings. The van der Waals surface area contributed by atoms with E-state index in [9.17, 15) is 4.79 Å². The van der Waals surface area contributed by atoms with Crippen molar-refractivity contribution in [2.45, 2.75) is 6.54 Å². The Hall–Kier alpha value is -2.84. The van der Waals surface area contributed by atoms with Crippen LogP contribution in [0.5, 0.6) is 28.7 Å². The molecule has 1 aliphatic rings. The van der Waals surface area contributed by atoms with Gasteiger partial charge in [-0.1, -0.05) is 17.7 Å². The number of hydrogen-bond donors (Lipinski definition) is 0. The average Bonchev–Trinajstić information content (AvgIpc) is 2.82. The number of methoxy groups -OCH3 is 5. The number of amides is 1. The van der Waals surface area contributed by atoms with Gasteiger partial charge in [0.25, 0.3) is 5.91 Å². The third-order valence-electron chi connectivity index (χ3n) is 5.52. The molecule has 9 heteroatoms. The van der Waals surface area contributed by atoms with Gasteiger partial charge in [-0.2, -0.15) is 0 Å². The lowest BCUT2D eigenvalue weighted by Crippen LogP contribution is -2.48. The standard InChI is InChI=1S/C23H29ClN2O6/c1-28-18-7-6-15(20(30-3)22(18)32-5)14-25-8-10-26(11-9-25)23(27)16-12-17(24)21(31-4)19(13-16)29-2/h6-7,12-13H,8-11,14H2,1-5H3. The fourth-order valence-corrected chi connectivity index (χ4v) is 4.15. The maximum Gasteiger partial charge on any atom is 0.254 e. The van der Waals surface area contributed by atoms with Crippen molar-refractivity contribution >= 4 is 17.5 Å². The first kappa shape index (κ1) is 23.8. The van der Waals surface area contributed by atoms with E-state index in [-0.39, 0.29) is 5.91 Å². The van der Waals surface area contributed by atoms with Crippen molar-refractivity contribution in [1.29, 1.82) is 0 Å². The second-order valence-electron chi connectivity index (χ2n) is 7.26. The van der Waals surface area contributed by atoms with Crippen molar-refractivity contribution in [3.05, 3.63) is 40.4 Å². The van der Waals surface area contributed by atoms with Gasteiger partial charge in [0, 0.05) is 43.9 Å². The summed E-state index contributed by atoms with van der Waals surface area (Å²) in [6, 6.07) is 7.13. The number of nitrogens with zero attached hydrogens (tertiary/aromatic N) is 2. The van der Waals surface area contributed by atoms with Crippen molar-refractivity contribution in [2.24, 2.45) is 0 Å². The summed E-state index contributed by atoms with van der Waals surface area (Å²) in [5, 5.41) is 0.342. The summed E-state index contributed by atoms with van der Waals surface area (Å²) in [7, 11) is 7.83. The zero-order chi connectivity index (χ0) is 23.3. The molecule has 32 heavy (non-hydrogen) atoms. The minimum atomic E-state index is -0.0869. The molecule has 2 aromatic carbocycles. The van der Waals surface area contributed by atoms with Gasteiger partial charge in [-0.15, -0.1) is 0 Å². The Bertz CT molecular complexity index is 960. The van der Waals surface area contributed by atoms with Crippen LogP contribution in [-0.4, -0.2) is 77.4 Å². The molecule has 1 amide bonds. The third kappa shape index (κ3) is 4.81. The SMILES string of the molecule is COc1cc(C(=O)N2CCN(Cc3ccc(OC)c(OC)c3OC)CC2)cc(Cl)c1OC. The molecular formula is C23H29ClN2O6. The molecule has 0 saturated carbocycles.